The Balaban J connectivity index is 3.13. The highest BCUT2D eigenvalue weighted by Crippen LogP contribution is 2.26. The van der Waals surface area contributed by atoms with E-state index in [1.54, 1.807) is 13.1 Å². The maximum atomic E-state index is 10.3. The number of rotatable bonds is 2. The summed E-state index contributed by atoms with van der Waals surface area (Å²) in [5.74, 6) is 0. The van der Waals surface area contributed by atoms with Crippen LogP contribution in [0.5, 0.6) is 0 Å². The fourth-order valence-corrected chi connectivity index (χ4v) is 1.26. The molecule has 0 saturated carbocycles. The fourth-order valence-electron chi connectivity index (χ4n) is 0.818. The van der Waals surface area contributed by atoms with Gasteiger partial charge >= 0.3 is 0 Å². The Morgan fingerprint density at radius 1 is 1.58 bits per heavy atom. The van der Waals surface area contributed by atoms with Crippen LogP contribution in [0.4, 0.5) is 11.4 Å². The lowest BCUT2D eigenvalue weighted by Gasteiger charge is -2.01. The summed E-state index contributed by atoms with van der Waals surface area (Å²) in [5.41, 5.74) is 0.798. The van der Waals surface area contributed by atoms with Gasteiger partial charge in [-0.3, -0.25) is 10.1 Å². The maximum absolute atomic E-state index is 10.3. The Bertz CT molecular complexity index is 314. The van der Waals surface area contributed by atoms with Crippen molar-refractivity contribution in [1.82, 2.24) is 0 Å². The molecule has 5 heteroatoms. The average Bonchev–Trinajstić information content (AvgIpc) is 2.05. The molecule has 1 N–H and O–H groups in total. The summed E-state index contributed by atoms with van der Waals surface area (Å²) in [6.45, 7) is 0. The molecule has 0 aliphatic rings. The number of nitro groups is 1. The molecule has 0 heterocycles. The highest BCUT2D eigenvalue weighted by molar-refractivity contribution is 9.10. The number of hydrogen-bond donors (Lipinski definition) is 1. The van der Waals surface area contributed by atoms with Crippen molar-refractivity contribution in [2.24, 2.45) is 0 Å². The summed E-state index contributed by atoms with van der Waals surface area (Å²) in [5, 5.41) is 13.2. The quantitative estimate of drug-likeness (QED) is 0.628. The van der Waals surface area contributed by atoms with Crippen LogP contribution in [0.15, 0.2) is 22.7 Å². The molecule has 0 fully saturated rings. The number of benzene rings is 1. The molecule has 0 spiro atoms. The third-order valence-corrected chi connectivity index (χ3v) is 2.12. The van der Waals surface area contributed by atoms with E-state index in [0.717, 1.165) is 4.47 Å². The van der Waals surface area contributed by atoms with E-state index in [1.807, 2.05) is 0 Å². The van der Waals surface area contributed by atoms with Crippen LogP contribution in [0.25, 0.3) is 0 Å². The first-order chi connectivity index (χ1) is 5.65. The minimum absolute atomic E-state index is 0.0857. The van der Waals surface area contributed by atoms with Gasteiger partial charge in [-0.2, -0.15) is 0 Å². The molecule has 0 unspecified atom stereocenters. The highest BCUT2D eigenvalue weighted by atomic mass is 79.9. The fraction of sp³-hybridized carbons (Fsp3) is 0.143. The molecular formula is C7H7BrN2O2. The lowest BCUT2D eigenvalue weighted by atomic mass is 10.3. The normalized spacial score (nSPS) is 9.50. The molecule has 64 valence electrons. The summed E-state index contributed by atoms with van der Waals surface area (Å²) >= 11 is 3.25. The number of nitrogens with zero attached hydrogens (tertiary/aromatic N) is 1. The summed E-state index contributed by atoms with van der Waals surface area (Å²) < 4.78 is 0.815. The van der Waals surface area contributed by atoms with Crippen molar-refractivity contribution in [2.75, 3.05) is 12.4 Å². The Morgan fingerprint density at radius 3 is 2.75 bits per heavy atom. The minimum Gasteiger partial charge on any atom is -0.387 e. The minimum atomic E-state index is -0.423. The summed E-state index contributed by atoms with van der Waals surface area (Å²) in [4.78, 5) is 9.92. The van der Waals surface area contributed by atoms with E-state index in [0.29, 0.717) is 5.69 Å². The number of anilines is 1. The zero-order valence-electron chi connectivity index (χ0n) is 6.37. The highest BCUT2D eigenvalue weighted by Gasteiger charge is 2.07. The lowest BCUT2D eigenvalue weighted by molar-refractivity contribution is -0.384. The van der Waals surface area contributed by atoms with E-state index in [-0.39, 0.29) is 5.69 Å². The smallest absolute Gasteiger partial charge is 0.271 e. The Morgan fingerprint density at radius 2 is 2.25 bits per heavy atom. The second-order valence-corrected chi connectivity index (χ2v) is 3.03. The van der Waals surface area contributed by atoms with Crippen molar-refractivity contribution in [1.29, 1.82) is 0 Å². The molecule has 1 aromatic carbocycles. The molecule has 0 atom stereocenters. The van der Waals surface area contributed by atoms with Gasteiger partial charge < -0.3 is 5.32 Å². The van der Waals surface area contributed by atoms with Crippen molar-refractivity contribution in [2.45, 2.75) is 0 Å². The molecule has 0 aromatic heterocycles. The molecular weight excluding hydrogens is 224 g/mol. The van der Waals surface area contributed by atoms with E-state index >= 15 is 0 Å². The molecule has 1 aromatic rings. The van der Waals surface area contributed by atoms with Crippen LogP contribution in [0.2, 0.25) is 0 Å². The van der Waals surface area contributed by atoms with Gasteiger partial charge in [-0.15, -0.1) is 0 Å². The van der Waals surface area contributed by atoms with Crippen molar-refractivity contribution < 1.29 is 4.92 Å². The van der Waals surface area contributed by atoms with Crippen LogP contribution in [-0.2, 0) is 0 Å². The van der Waals surface area contributed by atoms with Crippen molar-refractivity contribution in [3.05, 3.63) is 32.8 Å². The van der Waals surface area contributed by atoms with Gasteiger partial charge in [0, 0.05) is 23.7 Å². The van der Waals surface area contributed by atoms with E-state index in [2.05, 4.69) is 21.2 Å². The summed E-state index contributed by atoms with van der Waals surface area (Å²) in [7, 11) is 1.71. The first kappa shape index (κ1) is 8.99. The van der Waals surface area contributed by atoms with E-state index in [1.165, 1.54) is 12.1 Å². The number of hydrogen-bond acceptors (Lipinski definition) is 3. The van der Waals surface area contributed by atoms with Gasteiger partial charge in [0.2, 0.25) is 0 Å². The largest absolute Gasteiger partial charge is 0.387 e. The predicted molar refractivity (Wildman–Crippen MR) is 50.3 cm³/mol. The van der Waals surface area contributed by atoms with Gasteiger partial charge in [0.15, 0.2) is 0 Å². The van der Waals surface area contributed by atoms with Crippen LogP contribution < -0.4 is 5.32 Å². The second kappa shape index (κ2) is 3.53. The molecule has 4 nitrogen and oxygen atoms in total. The van der Waals surface area contributed by atoms with Gasteiger partial charge in [0.1, 0.15) is 0 Å². The number of nitro benzene ring substituents is 1. The average molecular weight is 231 g/mol. The van der Waals surface area contributed by atoms with Crippen molar-refractivity contribution >= 4 is 27.3 Å². The van der Waals surface area contributed by atoms with Gasteiger partial charge in [0.25, 0.3) is 5.69 Å². The van der Waals surface area contributed by atoms with Crippen LogP contribution in [-0.4, -0.2) is 12.0 Å². The lowest BCUT2D eigenvalue weighted by Crippen LogP contribution is -1.92. The maximum Gasteiger partial charge on any atom is 0.271 e. The molecule has 0 saturated heterocycles. The van der Waals surface area contributed by atoms with Crippen molar-refractivity contribution in [3.8, 4) is 0 Å². The first-order valence-corrected chi connectivity index (χ1v) is 4.06. The standard InChI is InChI=1S/C7H7BrN2O2/c1-9-7-4-5(10(11)12)2-3-6(7)8/h2-4,9H,1H3. The van der Waals surface area contributed by atoms with Gasteiger partial charge in [0.05, 0.1) is 10.6 Å². The topological polar surface area (TPSA) is 55.2 Å². The molecule has 0 aliphatic carbocycles. The summed E-state index contributed by atoms with van der Waals surface area (Å²) in [6.07, 6.45) is 0. The molecule has 12 heavy (non-hydrogen) atoms. The van der Waals surface area contributed by atoms with Crippen molar-refractivity contribution in [3.63, 3.8) is 0 Å². The molecule has 0 radical (unpaired) electrons. The number of nitrogens with one attached hydrogen (secondary N) is 1. The summed E-state index contributed by atoms with van der Waals surface area (Å²) in [6, 6.07) is 4.57. The van der Waals surface area contributed by atoms with Crippen LogP contribution >= 0.6 is 15.9 Å². The molecule has 0 bridgehead atoms. The van der Waals surface area contributed by atoms with Gasteiger partial charge in [-0.1, -0.05) is 0 Å². The Labute approximate surface area is 77.9 Å². The Hall–Kier alpha value is -1.10. The zero-order chi connectivity index (χ0) is 9.14. The van der Waals surface area contributed by atoms with Gasteiger partial charge in [-0.05, 0) is 22.0 Å². The van der Waals surface area contributed by atoms with E-state index in [4.69, 9.17) is 0 Å². The van der Waals surface area contributed by atoms with E-state index < -0.39 is 4.92 Å². The van der Waals surface area contributed by atoms with Crippen LogP contribution in [0.1, 0.15) is 0 Å². The van der Waals surface area contributed by atoms with E-state index in [9.17, 15) is 10.1 Å². The number of non-ortho nitro benzene ring substituents is 1. The first-order valence-electron chi connectivity index (χ1n) is 3.27. The molecule has 1 rings (SSSR count). The third-order valence-electron chi connectivity index (χ3n) is 1.43. The zero-order valence-corrected chi connectivity index (χ0v) is 7.96. The second-order valence-electron chi connectivity index (χ2n) is 2.17. The van der Waals surface area contributed by atoms with Crippen LogP contribution in [0, 0.1) is 10.1 Å². The predicted octanol–water partition coefficient (Wildman–Crippen LogP) is 2.40. The molecule has 0 aliphatic heterocycles. The third kappa shape index (κ3) is 1.73. The SMILES string of the molecule is CNc1cc([N+](=O)[O-])ccc1Br. The monoisotopic (exact) mass is 230 g/mol. The van der Waals surface area contributed by atoms with Crippen LogP contribution in [0.3, 0.4) is 0 Å². The Kier molecular flexibility index (Phi) is 2.65. The molecule has 0 amide bonds. The number of halogens is 1. The van der Waals surface area contributed by atoms with Gasteiger partial charge in [-0.25, -0.2) is 0 Å².